The Balaban J connectivity index is 1.11. The number of aromatic nitrogens is 4. The first kappa shape index (κ1) is 30.9. The second-order valence-electron chi connectivity index (χ2n) is 11.0. The lowest BCUT2D eigenvalue weighted by atomic mass is 9.90. The molecule has 11 nitrogen and oxygen atoms in total. The molecule has 1 aliphatic heterocycles. The summed E-state index contributed by atoms with van der Waals surface area (Å²) in [5, 5.41) is 3.88. The normalized spacial score (nSPS) is 19.2. The molecule has 13 heteroatoms. The molecule has 0 aromatic carbocycles. The van der Waals surface area contributed by atoms with Crippen LogP contribution in [0.2, 0.25) is 0 Å². The third-order valence-corrected chi connectivity index (χ3v) is 7.99. The van der Waals surface area contributed by atoms with Gasteiger partial charge in [0.05, 0.1) is 31.3 Å². The molecule has 0 radical (unpaired) electrons. The SMILES string of the molecule is CCOCCOCCCCCN1CC(=O)N([C@@H]2CCC[C@H](NCc3nc(-c4c[nH]c5ncc(F)cc45)ncc3F)C2)C1=O. The fraction of sp³-hybridized carbons (Fsp3) is 0.567. The van der Waals surface area contributed by atoms with Gasteiger partial charge in [-0.25, -0.2) is 28.5 Å². The molecule has 5 rings (SSSR count). The minimum atomic E-state index is -0.551. The van der Waals surface area contributed by atoms with Crippen LogP contribution in [0.4, 0.5) is 13.6 Å². The molecule has 0 unspecified atom stereocenters. The fourth-order valence-corrected chi connectivity index (χ4v) is 5.79. The Labute approximate surface area is 249 Å². The molecular formula is C30H39F2N7O4. The number of nitrogens with one attached hydrogen (secondary N) is 2. The number of H-pyrrole nitrogens is 1. The van der Waals surface area contributed by atoms with Crippen LogP contribution in [0.1, 0.15) is 57.6 Å². The van der Waals surface area contributed by atoms with Crippen molar-refractivity contribution in [1.82, 2.24) is 35.1 Å². The third-order valence-electron chi connectivity index (χ3n) is 7.99. The number of rotatable bonds is 15. The summed E-state index contributed by atoms with van der Waals surface area (Å²) in [7, 11) is 0. The Hall–Kier alpha value is -3.55. The maximum Gasteiger partial charge on any atom is 0.327 e. The molecule has 0 spiro atoms. The number of urea groups is 1. The number of amides is 3. The van der Waals surface area contributed by atoms with Crippen molar-refractivity contribution in [2.24, 2.45) is 0 Å². The van der Waals surface area contributed by atoms with E-state index in [4.69, 9.17) is 9.47 Å². The molecule has 232 valence electrons. The van der Waals surface area contributed by atoms with Gasteiger partial charge in [0, 0.05) is 55.5 Å². The summed E-state index contributed by atoms with van der Waals surface area (Å²) in [5.74, 6) is -0.936. The van der Waals surface area contributed by atoms with Gasteiger partial charge in [-0.05, 0) is 57.9 Å². The average Bonchev–Trinajstić information content (AvgIpc) is 3.55. The Bertz CT molecular complexity index is 1400. The summed E-state index contributed by atoms with van der Waals surface area (Å²) in [6, 6.07) is 0.902. The number of carbonyl (C=O) groups is 2. The molecule has 2 N–H and O–H groups in total. The number of pyridine rings is 1. The van der Waals surface area contributed by atoms with Gasteiger partial charge in [-0.2, -0.15) is 0 Å². The first-order valence-electron chi connectivity index (χ1n) is 15.1. The number of imide groups is 1. The molecule has 1 saturated heterocycles. The number of carbonyl (C=O) groups excluding carboxylic acids is 2. The van der Waals surface area contributed by atoms with Crippen molar-refractivity contribution in [2.45, 2.75) is 70.5 Å². The zero-order valence-electron chi connectivity index (χ0n) is 24.5. The minimum Gasteiger partial charge on any atom is -0.379 e. The number of ether oxygens (including phenoxy) is 2. The predicted octanol–water partition coefficient (Wildman–Crippen LogP) is 4.19. The van der Waals surface area contributed by atoms with Gasteiger partial charge < -0.3 is 24.7 Å². The van der Waals surface area contributed by atoms with E-state index in [1.807, 2.05) is 6.92 Å². The minimum absolute atomic E-state index is 0.0136. The smallest absolute Gasteiger partial charge is 0.327 e. The van der Waals surface area contributed by atoms with Crippen molar-refractivity contribution in [3.8, 4) is 11.4 Å². The van der Waals surface area contributed by atoms with Gasteiger partial charge in [-0.15, -0.1) is 0 Å². The van der Waals surface area contributed by atoms with Crippen molar-refractivity contribution in [1.29, 1.82) is 0 Å². The van der Waals surface area contributed by atoms with Crippen LogP contribution in [-0.2, 0) is 20.8 Å². The highest BCUT2D eigenvalue weighted by Gasteiger charge is 2.41. The van der Waals surface area contributed by atoms with Gasteiger partial charge in [-0.3, -0.25) is 9.69 Å². The average molecular weight is 600 g/mol. The number of halogens is 2. The molecule has 3 amide bonds. The van der Waals surface area contributed by atoms with Crippen LogP contribution in [0.25, 0.3) is 22.4 Å². The number of unbranched alkanes of at least 4 members (excludes halogenated alkanes) is 2. The lowest BCUT2D eigenvalue weighted by molar-refractivity contribution is -0.127. The van der Waals surface area contributed by atoms with E-state index in [0.717, 1.165) is 50.9 Å². The van der Waals surface area contributed by atoms with E-state index in [0.29, 0.717) is 56.0 Å². The largest absolute Gasteiger partial charge is 0.379 e. The van der Waals surface area contributed by atoms with Crippen LogP contribution in [0.5, 0.6) is 0 Å². The molecule has 1 saturated carbocycles. The summed E-state index contributed by atoms with van der Waals surface area (Å²) in [5.41, 5.74) is 1.20. The lowest BCUT2D eigenvalue weighted by Crippen LogP contribution is -2.47. The maximum absolute atomic E-state index is 14.7. The molecule has 4 heterocycles. The Morgan fingerprint density at radius 2 is 1.93 bits per heavy atom. The van der Waals surface area contributed by atoms with Gasteiger partial charge in [0.15, 0.2) is 11.6 Å². The van der Waals surface area contributed by atoms with Gasteiger partial charge >= 0.3 is 6.03 Å². The molecule has 2 atom stereocenters. The molecule has 2 aliphatic rings. The van der Waals surface area contributed by atoms with Crippen molar-refractivity contribution >= 4 is 23.0 Å². The summed E-state index contributed by atoms with van der Waals surface area (Å²) < 4.78 is 39.2. The van der Waals surface area contributed by atoms with E-state index in [9.17, 15) is 18.4 Å². The molecular weight excluding hydrogens is 560 g/mol. The molecule has 3 aromatic rings. The Morgan fingerprint density at radius 3 is 2.79 bits per heavy atom. The number of fused-ring (bicyclic) bond motifs is 1. The molecule has 2 fully saturated rings. The van der Waals surface area contributed by atoms with E-state index in [-0.39, 0.29) is 48.6 Å². The van der Waals surface area contributed by atoms with Crippen LogP contribution in [0, 0.1) is 11.6 Å². The van der Waals surface area contributed by atoms with Crippen molar-refractivity contribution in [2.75, 3.05) is 39.5 Å². The van der Waals surface area contributed by atoms with Crippen LogP contribution in [0.3, 0.4) is 0 Å². The quantitative estimate of drug-likeness (QED) is 0.197. The van der Waals surface area contributed by atoms with Crippen molar-refractivity contribution < 1.29 is 27.8 Å². The first-order valence-corrected chi connectivity index (χ1v) is 15.1. The topological polar surface area (TPSA) is 126 Å². The second-order valence-corrected chi connectivity index (χ2v) is 11.0. The lowest BCUT2D eigenvalue weighted by Gasteiger charge is -2.34. The zero-order valence-corrected chi connectivity index (χ0v) is 24.5. The monoisotopic (exact) mass is 599 g/mol. The zero-order chi connectivity index (χ0) is 30.2. The second kappa shape index (κ2) is 14.8. The van der Waals surface area contributed by atoms with E-state index < -0.39 is 11.6 Å². The van der Waals surface area contributed by atoms with Gasteiger partial charge in [0.2, 0.25) is 0 Å². The summed E-state index contributed by atoms with van der Waals surface area (Å²) in [6.45, 7) is 5.27. The first-order chi connectivity index (χ1) is 20.9. The van der Waals surface area contributed by atoms with E-state index in [1.165, 1.54) is 11.0 Å². The fourth-order valence-electron chi connectivity index (χ4n) is 5.79. The summed E-state index contributed by atoms with van der Waals surface area (Å²) in [6.07, 6.45) is 9.51. The van der Waals surface area contributed by atoms with Gasteiger partial charge in [-0.1, -0.05) is 0 Å². The summed E-state index contributed by atoms with van der Waals surface area (Å²) >= 11 is 0. The van der Waals surface area contributed by atoms with Crippen LogP contribution in [0.15, 0.2) is 24.7 Å². The third kappa shape index (κ3) is 7.70. The molecule has 43 heavy (non-hydrogen) atoms. The Morgan fingerprint density at radius 1 is 1.07 bits per heavy atom. The van der Waals surface area contributed by atoms with Gasteiger partial charge in [0.25, 0.3) is 5.91 Å². The molecule has 3 aromatic heterocycles. The van der Waals surface area contributed by atoms with Crippen molar-refractivity contribution in [3.63, 3.8) is 0 Å². The van der Waals surface area contributed by atoms with Crippen LogP contribution >= 0.6 is 0 Å². The number of aromatic amines is 1. The van der Waals surface area contributed by atoms with E-state index in [1.54, 1.807) is 11.1 Å². The van der Waals surface area contributed by atoms with Gasteiger partial charge in [0.1, 0.15) is 18.0 Å². The van der Waals surface area contributed by atoms with E-state index in [2.05, 4.69) is 25.3 Å². The number of nitrogens with zero attached hydrogens (tertiary/aromatic N) is 5. The predicted molar refractivity (Wildman–Crippen MR) is 155 cm³/mol. The molecule has 1 aliphatic carbocycles. The van der Waals surface area contributed by atoms with Crippen LogP contribution in [-0.4, -0.2) is 93.3 Å². The van der Waals surface area contributed by atoms with Crippen LogP contribution < -0.4 is 5.32 Å². The number of hydrogen-bond acceptors (Lipinski definition) is 8. The van der Waals surface area contributed by atoms with E-state index >= 15 is 0 Å². The highest BCUT2D eigenvalue weighted by Crippen LogP contribution is 2.28. The van der Waals surface area contributed by atoms with Crippen molar-refractivity contribution in [3.05, 3.63) is 42.0 Å². The standard InChI is InChI=1S/C30H39F2N7O4/c1-2-42-11-12-43-10-5-3-4-9-38-19-27(40)39(30(38)41)22-8-6-7-21(14-22)33-18-26-25(32)17-36-29(37-26)24-16-35-28-23(24)13-20(31)15-34-28/h13,15-17,21-22,33H,2-12,14,18-19H2,1H3,(H,34,35)/t21-,22+/m0/s1. The molecule has 0 bridgehead atoms. The summed E-state index contributed by atoms with van der Waals surface area (Å²) in [4.78, 5) is 44.6. The highest BCUT2D eigenvalue weighted by molar-refractivity contribution is 6.02. The maximum atomic E-state index is 14.7. The number of hydrogen-bond donors (Lipinski definition) is 2. The Kier molecular flexibility index (Phi) is 10.6. The highest BCUT2D eigenvalue weighted by atomic mass is 19.1.